The first kappa shape index (κ1) is 9.04. The summed E-state index contributed by atoms with van der Waals surface area (Å²) in [4.78, 5) is 3.89. The van der Waals surface area contributed by atoms with Gasteiger partial charge in [-0.2, -0.15) is 0 Å². The molecule has 0 radical (unpaired) electrons. The minimum absolute atomic E-state index is 0.251. The van der Waals surface area contributed by atoms with Crippen molar-refractivity contribution >= 4 is 5.57 Å². The molecule has 1 aromatic rings. The Balaban J connectivity index is 1.90. The molecule has 0 amide bonds. The Morgan fingerprint density at radius 3 is 3.13 bits per heavy atom. The number of hydrogen-bond donors (Lipinski definition) is 1. The topological polar surface area (TPSA) is 24.9 Å². The number of rotatable bonds is 1. The zero-order chi connectivity index (χ0) is 10.3. The lowest BCUT2D eigenvalue weighted by Crippen LogP contribution is -2.20. The van der Waals surface area contributed by atoms with E-state index in [1.54, 1.807) is 12.3 Å². The zero-order valence-electron chi connectivity index (χ0n) is 8.41. The van der Waals surface area contributed by atoms with Gasteiger partial charge in [-0.3, -0.25) is 4.98 Å². The van der Waals surface area contributed by atoms with Crippen molar-refractivity contribution in [1.82, 2.24) is 10.3 Å². The number of halogens is 1. The Labute approximate surface area is 88.2 Å². The highest BCUT2D eigenvalue weighted by Gasteiger charge is 2.31. The normalized spacial score (nSPS) is 29.0. The van der Waals surface area contributed by atoms with Gasteiger partial charge >= 0.3 is 0 Å². The largest absolute Gasteiger partial charge is 0.310 e. The Bertz CT molecular complexity index is 414. The number of allylic oxidation sites excluding steroid dienone is 1. The van der Waals surface area contributed by atoms with Crippen molar-refractivity contribution in [3.05, 3.63) is 35.9 Å². The fraction of sp³-hybridized carbons (Fsp3) is 0.417. The van der Waals surface area contributed by atoms with Gasteiger partial charge in [-0.1, -0.05) is 6.08 Å². The van der Waals surface area contributed by atoms with Gasteiger partial charge in [0.2, 0.25) is 0 Å². The van der Waals surface area contributed by atoms with Gasteiger partial charge in [0.15, 0.2) is 0 Å². The lowest BCUT2D eigenvalue weighted by Gasteiger charge is -2.06. The second-order valence-electron chi connectivity index (χ2n) is 4.32. The van der Waals surface area contributed by atoms with Crippen molar-refractivity contribution in [2.75, 3.05) is 6.54 Å². The molecule has 1 fully saturated rings. The highest BCUT2D eigenvalue weighted by atomic mass is 19.1. The first-order chi connectivity index (χ1) is 7.33. The first-order valence-corrected chi connectivity index (χ1v) is 5.38. The number of hydrogen-bond acceptors (Lipinski definition) is 2. The fourth-order valence-corrected chi connectivity index (χ4v) is 2.57. The van der Waals surface area contributed by atoms with E-state index in [4.69, 9.17) is 0 Å². The van der Waals surface area contributed by atoms with Crippen molar-refractivity contribution in [1.29, 1.82) is 0 Å². The van der Waals surface area contributed by atoms with Crippen LogP contribution in [0.4, 0.5) is 4.39 Å². The van der Waals surface area contributed by atoms with E-state index in [0.717, 1.165) is 18.5 Å². The predicted molar refractivity (Wildman–Crippen MR) is 56.7 cm³/mol. The molecule has 78 valence electrons. The summed E-state index contributed by atoms with van der Waals surface area (Å²) in [6, 6.07) is 2.07. The van der Waals surface area contributed by atoms with Crippen LogP contribution < -0.4 is 5.32 Å². The Kier molecular flexibility index (Phi) is 2.06. The maximum Gasteiger partial charge on any atom is 0.142 e. The fourth-order valence-electron chi connectivity index (χ4n) is 2.57. The van der Waals surface area contributed by atoms with E-state index >= 15 is 0 Å². The molecule has 0 saturated carbocycles. The highest BCUT2D eigenvalue weighted by molar-refractivity contribution is 5.68. The van der Waals surface area contributed by atoms with Crippen molar-refractivity contribution in [3.8, 4) is 0 Å². The summed E-state index contributed by atoms with van der Waals surface area (Å²) in [5.74, 6) is 0.460. The molecule has 1 saturated heterocycles. The number of aromatic nitrogens is 1. The highest BCUT2D eigenvalue weighted by Crippen LogP contribution is 2.36. The SMILES string of the molecule is Fc1cncc(C2=CC3NCCC3C2)c1. The Morgan fingerprint density at radius 2 is 2.33 bits per heavy atom. The maximum absolute atomic E-state index is 13.0. The van der Waals surface area contributed by atoms with Crippen LogP contribution in [0.3, 0.4) is 0 Å². The number of nitrogens with zero attached hydrogens (tertiary/aromatic N) is 1. The third-order valence-electron chi connectivity index (χ3n) is 3.34. The Hall–Kier alpha value is -1.22. The molecule has 2 atom stereocenters. The zero-order valence-corrected chi connectivity index (χ0v) is 8.41. The van der Waals surface area contributed by atoms with E-state index < -0.39 is 0 Å². The monoisotopic (exact) mass is 204 g/mol. The maximum atomic E-state index is 13.0. The first-order valence-electron chi connectivity index (χ1n) is 5.38. The van der Waals surface area contributed by atoms with Crippen molar-refractivity contribution in [2.45, 2.75) is 18.9 Å². The van der Waals surface area contributed by atoms with Gasteiger partial charge in [0.25, 0.3) is 0 Å². The van der Waals surface area contributed by atoms with E-state index in [-0.39, 0.29) is 5.82 Å². The van der Waals surface area contributed by atoms with Crippen molar-refractivity contribution < 1.29 is 4.39 Å². The molecule has 3 rings (SSSR count). The van der Waals surface area contributed by atoms with E-state index in [1.807, 2.05) is 0 Å². The van der Waals surface area contributed by atoms with Crippen LogP contribution in [-0.2, 0) is 0 Å². The molecule has 1 N–H and O–H groups in total. The van der Waals surface area contributed by atoms with Crippen LogP contribution in [0.15, 0.2) is 24.5 Å². The van der Waals surface area contributed by atoms with Gasteiger partial charge in [-0.05, 0) is 42.5 Å². The smallest absolute Gasteiger partial charge is 0.142 e. The molecule has 15 heavy (non-hydrogen) atoms. The molecule has 0 spiro atoms. The standard InChI is InChI=1S/C12H13FN2/c13-11-4-10(6-14-7-11)9-3-8-1-2-15-12(8)5-9/h4-8,12,15H,1-3H2. The quantitative estimate of drug-likeness (QED) is 0.756. The minimum Gasteiger partial charge on any atom is -0.310 e. The van der Waals surface area contributed by atoms with Crippen LogP contribution in [-0.4, -0.2) is 17.6 Å². The molecule has 1 aromatic heterocycles. The molecule has 1 aliphatic heterocycles. The lowest BCUT2D eigenvalue weighted by atomic mass is 10.00. The molecule has 2 unspecified atom stereocenters. The van der Waals surface area contributed by atoms with Gasteiger partial charge < -0.3 is 5.32 Å². The van der Waals surface area contributed by atoms with Gasteiger partial charge in [0, 0.05) is 12.2 Å². The number of pyridine rings is 1. The third-order valence-corrected chi connectivity index (χ3v) is 3.34. The summed E-state index contributed by atoms with van der Waals surface area (Å²) in [5, 5.41) is 3.44. The third kappa shape index (κ3) is 1.57. The summed E-state index contributed by atoms with van der Waals surface area (Å²) in [5.41, 5.74) is 2.18. The average Bonchev–Trinajstić information content (AvgIpc) is 2.76. The summed E-state index contributed by atoms with van der Waals surface area (Å²) >= 11 is 0. The molecular formula is C12H13FN2. The van der Waals surface area contributed by atoms with Crippen molar-refractivity contribution in [2.24, 2.45) is 5.92 Å². The van der Waals surface area contributed by atoms with Gasteiger partial charge in [-0.25, -0.2) is 4.39 Å². The average molecular weight is 204 g/mol. The minimum atomic E-state index is -0.251. The summed E-state index contributed by atoms with van der Waals surface area (Å²) in [7, 11) is 0. The molecule has 1 aliphatic carbocycles. The summed E-state index contributed by atoms with van der Waals surface area (Å²) in [6.07, 6.45) is 7.51. The van der Waals surface area contributed by atoms with E-state index in [1.165, 1.54) is 18.2 Å². The molecule has 2 nitrogen and oxygen atoms in total. The second kappa shape index (κ2) is 3.42. The Morgan fingerprint density at radius 1 is 1.40 bits per heavy atom. The van der Waals surface area contributed by atoms with Gasteiger partial charge in [0.05, 0.1) is 6.20 Å². The van der Waals surface area contributed by atoms with Crippen LogP contribution in [0, 0.1) is 11.7 Å². The number of nitrogens with one attached hydrogen (secondary N) is 1. The lowest BCUT2D eigenvalue weighted by molar-refractivity contribution is 0.553. The molecule has 0 bridgehead atoms. The molecule has 0 aromatic carbocycles. The van der Waals surface area contributed by atoms with E-state index in [9.17, 15) is 4.39 Å². The van der Waals surface area contributed by atoms with Crippen LogP contribution in [0.1, 0.15) is 18.4 Å². The summed E-state index contributed by atoms with van der Waals surface area (Å²) in [6.45, 7) is 1.11. The van der Waals surface area contributed by atoms with Crippen LogP contribution >= 0.6 is 0 Å². The molecule has 3 heteroatoms. The van der Waals surface area contributed by atoms with Crippen LogP contribution in [0.5, 0.6) is 0 Å². The molecule has 2 aliphatic rings. The number of fused-ring (bicyclic) bond motifs is 1. The van der Waals surface area contributed by atoms with Crippen LogP contribution in [0.25, 0.3) is 5.57 Å². The van der Waals surface area contributed by atoms with E-state index in [2.05, 4.69) is 16.4 Å². The van der Waals surface area contributed by atoms with Crippen LogP contribution in [0.2, 0.25) is 0 Å². The van der Waals surface area contributed by atoms with Gasteiger partial charge in [-0.15, -0.1) is 0 Å². The van der Waals surface area contributed by atoms with Crippen molar-refractivity contribution in [3.63, 3.8) is 0 Å². The van der Waals surface area contributed by atoms with E-state index in [0.29, 0.717) is 12.0 Å². The molecular weight excluding hydrogens is 191 g/mol. The predicted octanol–water partition coefficient (Wildman–Crippen LogP) is 1.99. The second-order valence-corrected chi connectivity index (χ2v) is 4.32. The molecule has 2 heterocycles. The summed E-state index contributed by atoms with van der Waals surface area (Å²) < 4.78 is 13.0. The van der Waals surface area contributed by atoms with Gasteiger partial charge in [0.1, 0.15) is 5.82 Å².